The minimum Gasteiger partial charge on any atom is -0.352 e. The zero-order chi connectivity index (χ0) is 16.6. The fourth-order valence-electron chi connectivity index (χ4n) is 2.19. The van der Waals surface area contributed by atoms with Gasteiger partial charge in [-0.25, -0.2) is 8.42 Å². The first-order valence-electron chi connectivity index (χ1n) is 7.89. The second-order valence-electron chi connectivity index (χ2n) is 6.15. The van der Waals surface area contributed by atoms with Crippen LogP contribution in [0.3, 0.4) is 0 Å². The second-order valence-corrected chi connectivity index (χ2v) is 8.16. The zero-order valence-electron chi connectivity index (χ0n) is 13.8. The Morgan fingerprint density at radius 3 is 2.18 bits per heavy atom. The lowest BCUT2D eigenvalue weighted by Gasteiger charge is -2.07. The van der Waals surface area contributed by atoms with Crippen molar-refractivity contribution in [2.24, 2.45) is 5.92 Å². The Hall–Kier alpha value is -1.36. The van der Waals surface area contributed by atoms with E-state index in [1.54, 1.807) is 12.1 Å². The van der Waals surface area contributed by atoms with E-state index in [1.165, 1.54) is 31.4 Å². The van der Waals surface area contributed by atoms with E-state index in [9.17, 15) is 13.2 Å². The molecule has 1 aromatic carbocycles. The van der Waals surface area contributed by atoms with Crippen molar-refractivity contribution in [3.8, 4) is 0 Å². The van der Waals surface area contributed by atoms with Crippen molar-refractivity contribution in [1.29, 1.82) is 0 Å². The van der Waals surface area contributed by atoms with Gasteiger partial charge >= 0.3 is 0 Å². The van der Waals surface area contributed by atoms with Gasteiger partial charge in [-0.3, -0.25) is 4.79 Å². The quantitative estimate of drug-likeness (QED) is 0.708. The highest BCUT2D eigenvalue weighted by Gasteiger charge is 2.09. The van der Waals surface area contributed by atoms with E-state index in [0.29, 0.717) is 12.1 Å². The topological polar surface area (TPSA) is 63.2 Å². The molecular formula is C17H27NO3S. The van der Waals surface area contributed by atoms with Crippen LogP contribution in [0.4, 0.5) is 0 Å². The van der Waals surface area contributed by atoms with E-state index < -0.39 is 9.84 Å². The number of rotatable bonds is 9. The van der Waals surface area contributed by atoms with Gasteiger partial charge in [-0.15, -0.1) is 0 Å². The van der Waals surface area contributed by atoms with E-state index in [4.69, 9.17) is 0 Å². The summed E-state index contributed by atoms with van der Waals surface area (Å²) in [6, 6.07) is 6.04. The molecule has 0 radical (unpaired) electrons. The highest BCUT2D eigenvalue weighted by atomic mass is 32.2. The number of sulfone groups is 1. The van der Waals surface area contributed by atoms with Crippen molar-refractivity contribution in [2.45, 2.75) is 50.8 Å². The van der Waals surface area contributed by atoms with Crippen molar-refractivity contribution in [3.63, 3.8) is 0 Å². The SMILES string of the molecule is CC(C)CCCCCCNC(=O)c1ccc(S(C)(=O)=O)cc1. The molecule has 0 saturated carbocycles. The maximum atomic E-state index is 11.9. The normalized spacial score (nSPS) is 11.6. The number of carbonyl (C=O) groups is 1. The molecule has 0 heterocycles. The van der Waals surface area contributed by atoms with E-state index in [1.807, 2.05) is 0 Å². The lowest BCUT2D eigenvalue weighted by atomic mass is 10.0. The lowest BCUT2D eigenvalue weighted by Crippen LogP contribution is -2.24. The molecule has 0 bridgehead atoms. The summed E-state index contributed by atoms with van der Waals surface area (Å²) < 4.78 is 22.7. The van der Waals surface area contributed by atoms with Crippen LogP contribution in [0.25, 0.3) is 0 Å². The smallest absolute Gasteiger partial charge is 0.251 e. The third-order valence-corrected chi connectivity index (χ3v) is 4.67. The standard InChI is InChI=1S/C17H27NO3S/c1-14(2)8-6-4-5-7-13-18-17(19)15-9-11-16(12-10-15)22(3,20)21/h9-12,14H,4-8,13H2,1-3H3,(H,18,19). The fourth-order valence-corrected chi connectivity index (χ4v) is 2.82. The Morgan fingerprint density at radius 2 is 1.64 bits per heavy atom. The third-order valence-electron chi connectivity index (χ3n) is 3.54. The molecule has 1 amide bonds. The Bertz CT molecular complexity index is 562. The monoisotopic (exact) mass is 325 g/mol. The van der Waals surface area contributed by atoms with E-state index in [-0.39, 0.29) is 10.8 Å². The molecule has 0 aliphatic carbocycles. The number of benzene rings is 1. The molecule has 0 aromatic heterocycles. The van der Waals surface area contributed by atoms with Gasteiger partial charge in [-0.2, -0.15) is 0 Å². The molecular weight excluding hydrogens is 298 g/mol. The molecule has 0 aliphatic heterocycles. The molecule has 0 fully saturated rings. The molecule has 1 aromatic rings. The Balaban J connectivity index is 2.28. The van der Waals surface area contributed by atoms with E-state index in [2.05, 4.69) is 19.2 Å². The number of amides is 1. The number of hydrogen-bond donors (Lipinski definition) is 1. The molecule has 0 spiro atoms. The number of carbonyl (C=O) groups excluding carboxylic acids is 1. The molecule has 5 heteroatoms. The summed E-state index contributed by atoms with van der Waals surface area (Å²) >= 11 is 0. The summed E-state index contributed by atoms with van der Waals surface area (Å²) in [6.07, 6.45) is 6.97. The average Bonchev–Trinajstić information content (AvgIpc) is 2.45. The van der Waals surface area contributed by atoms with Crippen molar-refractivity contribution < 1.29 is 13.2 Å². The van der Waals surface area contributed by atoms with Crippen molar-refractivity contribution in [2.75, 3.05) is 12.8 Å². The predicted octanol–water partition coefficient (Wildman–Crippen LogP) is 3.43. The Labute approximate surface area is 134 Å². The van der Waals surface area contributed by atoms with Crippen LogP contribution in [-0.2, 0) is 9.84 Å². The van der Waals surface area contributed by atoms with Crippen LogP contribution in [0.2, 0.25) is 0 Å². The van der Waals surface area contributed by atoms with Crippen LogP contribution in [-0.4, -0.2) is 27.1 Å². The van der Waals surface area contributed by atoms with Crippen LogP contribution in [0.1, 0.15) is 56.3 Å². The van der Waals surface area contributed by atoms with Gasteiger partial charge < -0.3 is 5.32 Å². The van der Waals surface area contributed by atoms with Crippen molar-refractivity contribution >= 4 is 15.7 Å². The predicted molar refractivity (Wildman–Crippen MR) is 89.8 cm³/mol. The van der Waals surface area contributed by atoms with Crippen LogP contribution in [0, 0.1) is 5.92 Å². The lowest BCUT2D eigenvalue weighted by molar-refractivity contribution is 0.0953. The van der Waals surface area contributed by atoms with Gasteiger partial charge in [0.2, 0.25) is 0 Å². The summed E-state index contributed by atoms with van der Waals surface area (Å²) in [4.78, 5) is 12.2. The molecule has 4 nitrogen and oxygen atoms in total. The molecule has 0 aliphatic rings. The number of hydrogen-bond acceptors (Lipinski definition) is 3. The van der Waals surface area contributed by atoms with Crippen LogP contribution in [0.15, 0.2) is 29.2 Å². The average molecular weight is 325 g/mol. The Morgan fingerprint density at radius 1 is 1.05 bits per heavy atom. The van der Waals surface area contributed by atoms with Gasteiger partial charge in [0.05, 0.1) is 4.90 Å². The highest BCUT2D eigenvalue weighted by molar-refractivity contribution is 7.90. The molecule has 0 atom stereocenters. The zero-order valence-corrected chi connectivity index (χ0v) is 14.6. The minimum atomic E-state index is -3.21. The largest absolute Gasteiger partial charge is 0.352 e. The first-order valence-corrected chi connectivity index (χ1v) is 9.78. The summed E-state index contributed by atoms with van der Waals surface area (Å²) in [5.74, 6) is 0.608. The highest BCUT2D eigenvalue weighted by Crippen LogP contribution is 2.11. The Kier molecular flexibility index (Phi) is 7.59. The van der Waals surface area contributed by atoms with Crippen LogP contribution >= 0.6 is 0 Å². The first kappa shape index (κ1) is 18.7. The van der Waals surface area contributed by atoms with Gasteiger partial charge in [-0.05, 0) is 36.6 Å². The second kappa shape index (κ2) is 8.93. The van der Waals surface area contributed by atoms with E-state index in [0.717, 1.165) is 25.0 Å². The maximum absolute atomic E-state index is 11.9. The van der Waals surface area contributed by atoms with Crippen molar-refractivity contribution in [1.82, 2.24) is 5.32 Å². The van der Waals surface area contributed by atoms with Crippen LogP contribution < -0.4 is 5.32 Å². The van der Waals surface area contributed by atoms with Gasteiger partial charge in [0.15, 0.2) is 9.84 Å². The summed E-state index contributed by atoms with van der Waals surface area (Å²) in [7, 11) is -3.21. The maximum Gasteiger partial charge on any atom is 0.251 e. The number of unbranched alkanes of at least 4 members (excludes halogenated alkanes) is 3. The van der Waals surface area contributed by atoms with Gasteiger partial charge in [-0.1, -0.05) is 39.5 Å². The van der Waals surface area contributed by atoms with Gasteiger partial charge in [0, 0.05) is 18.4 Å². The summed E-state index contributed by atoms with van der Waals surface area (Å²) in [5.41, 5.74) is 0.493. The number of nitrogens with one attached hydrogen (secondary N) is 1. The third kappa shape index (κ3) is 7.07. The molecule has 1 rings (SSSR count). The molecule has 124 valence electrons. The summed E-state index contributed by atoms with van der Waals surface area (Å²) in [6.45, 7) is 5.12. The fraction of sp³-hybridized carbons (Fsp3) is 0.588. The minimum absolute atomic E-state index is 0.151. The molecule has 0 unspecified atom stereocenters. The molecule has 0 saturated heterocycles. The van der Waals surface area contributed by atoms with Gasteiger partial charge in [0.25, 0.3) is 5.91 Å². The first-order chi connectivity index (χ1) is 10.3. The van der Waals surface area contributed by atoms with Crippen molar-refractivity contribution in [3.05, 3.63) is 29.8 Å². The molecule has 1 N–H and O–H groups in total. The summed E-state index contributed by atoms with van der Waals surface area (Å²) in [5, 5.41) is 2.87. The van der Waals surface area contributed by atoms with E-state index >= 15 is 0 Å². The van der Waals surface area contributed by atoms with Crippen LogP contribution in [0.5, 0.6) is 0 Å². The van der Waals surface area contributed by atoms with Gasteiger partial charge in [0.1, 0.15) is 0 Å². The molecule has 22 heavy (non-hydrogen) atoms.